The van der Waals surface area contributed by atoms with Crippen LogP contribution >= 0.6 is 11.8 Å². The zero-order valence-electron chi connectivity index (χ0n) is 11.6. The number of amides is 2. The molecule has 4 nitrogen and oxygen atoms in total. The minimum Gasteiger partial charge on any atom is -0.341 e. The SMILES string of the molecule is CC1(C)CN2C(=O)C(NC(=O)Cc3ccccc3)C2S1. The Kier molecular flexibility index (Phi) is 3.24. The Labute approximate surface area is 122 Å². The first-order valence-electron chi connectivity index (χ1n) is 6.78. The van der Waals surface area contributed by atoms with Crippen LogP contribution in [0.25, 0.3) is 0 Å². The number of hydrogen-bond acceptors (Lipinski definition) is 3. The molecular weight excluding hydrogens is 272 g/mol. The highest BCUT2D eigenvalue weighted by Gasteiger charge is 2.56. The van der Waals surface area contributed by atoms with Gasteiger partial charge in [-0.2, -0.15) is 0 Å². The van der Waals surface area contributed by atoms with Gasteiger partial charge in [0.05, 0.1) is 6.42 Å². The lowest BCUT2D eigenvalue weighted by molar-refractivity contribution is -0.147. The molecule has 106 valence electrons. The third-order valence-electron chi connectivity index (χ3n) is 3.66. The standard InChI is InChI=1S/C15H18N2O2S/c1-15(2)9-17-13(19)12(14(17)20-15)16-11(18)8-10-6-4-3-5-7-10/h3-7,12,14H,8-9H2,1-2H3,(H,16,18). The first-order chi connectivity index (χ1) is 9.46. The zero-order valence-corrected chi connectivity index (χ0v) is 12.4. The van der Waals surface area contributed by atoms with Crippen molar-refractivity contribution in [1.82, 2.24) is 10.2 Å². The van der Waals surface area contributed by atoms with E-state index >= 15 is 0 Å². The summed E-state index contributed by atoms with van der Waals surface area (Å²) in [4.78, 5) is 25.9. The van der Waals surface area contributed by atoms with Crippen molar-refractivity contribution < 1.29 is 9.59 Å². The third kappa shape index (κ3) is 2.42. The molecule has 2 aliphatic heterocycles. The van der Waals surface area contributed by atoms with Crippen LogP contribution in [0.2, 0.25) is 0 Å². The van der Waals surface area contributed by atoms with Crippen LogP contribution in [-0.2, 0) is 16.0 Å². The van der Waals surface area contributed by atoms with Crippen LogP contribution in [0.1, 0.15) is 19.4 Å². The first kappa shape index (κ1) is 13.5. The van der Waals surface area contributed by atoms with Gasteiger partial charge in [-0.3, -0.25) is 9.59 Å². The highest BCUT2D eigenvalue weighted by molar-refractivity contribution is 8.01. The van der Waals surface area contributed by atoms with Crippen molar-refractivity contribution in [3.05, 3.63) is 35.9 Å². The van der Waals surface area contributed by atoms with Crippen molar-refractivity contribution in [3.8, 4) is 0 Å². The van der Waals surface area contributed by atoms with Crippen LogP contribution in [0.3, 0.4) is 0 Å². The summed E-state index contributed by atoms with van der Waals surface area (Å²) < 4.78 is 0.0826. The minimum absolute atomic E-state index is 0.0505. The summed E-state index contributed by atoms with van der Waals surface area (Å²) in [5.74, 6) is -0.0333. The van der Waals surface area contributed by atoms with Crippen LogP contribution in [-0.4, -0.2) is 39.4 Å². The lowest BCUT2D eigenvalue weighted by atomic mass is 10.0. The van der Waals surface area contributed by atoms with Crippen LogP contribution in [0, 0.1) is 0 Å². The highest BCUT2D eigenvalue weighted by atomic mass is 32.2. The lowest BCUT2D eigenvalue weighted by Gasteiger charge is -2.41. The molecular formula is C15H18N2O2S. The zero-order chi connectivity index (χ0) is 14.3. The van der Waals surface area contributed by atoms with Crippen molar-refractivity contribution in [1.29, 1.82) is 0 Å². The predicted octanol–water partition coefficient (Wildman–Crippen LogP) is 1.41. The van der Waals surface area contributed by atoms with Crippen LogP contribution < -0.4 is 5.32 Å². The van der Waals surface area contributed by atoms with E-state index in [0.717, 1.165) is 12.1 Å². The van der Waals surface area contributed by atoms with Crippen LogP contribution in [0.4, 0.5) is 0 Å². The average Bonchev–Trinajstić information content (AvgIpc) is 2.70. The number of thioether (sulfide) groups is 1. The van der Waals surface area contributed by atoms with E-state index in [2.05, 4.69) is 19.2 Å². The number of β-lactam (4-membered cyclic amide) rings is 1. The van der Waals surface area contributed by atoms with Crippen molar-refractivity contribution in [2.75, 3.05) is 6.54 Å². The van der Waals surface area contributed by atoms with Crippen molar-refractivity contribution in [2.45, 2.75) is 36.4 Å². The maximum atomic E-state index is 12.0. The topological polar surface area (TPSA) is 49.4 Å². The number of fused-ring (bicyclic) bond motifs is 1. The van der Waals surface area contributed by atoms with Gasteiger partial charge in [-0.25, -0.2) is 0 Å². The molecule has 1 aromatic rings. The van der Waals surface area contributed by atoms with Gasteiger partial charge in [-0.05, 0) is 19.4 Å². The van der Waals surface area contributed by atoms with Gasteiger partial charge in [-0.15, -0.1) is 11.8 Å². The highest BCUT2D eigenvalue weighted by Crippen LogP contribution is 2.46. The van der Waals surface area contributed by atoms with Gasteiger partial charge in [0.2, 0.25) is 11.8 Å². The van der Waals surface area contributed by atoms with E-state index in [-0.39, 0.29) is 28.0 Å². The quantitative estimate of drug-likeness (QED) is 0.856. The maximum Gasteiger partial charge on any atom is 0.249 e. The summed E-state index contributed by atoms with van der Waals surface area (Å²) in [6, 6.07) is 9.23. The fourth-order valence-electron chi connectivity index (χ4n) is 2.74. The lowest BCUT2D eigenvalue weighted by Crippen LogP contribution is -2.67. The molecule has 3 rings (SSSR count). The van der Waals surface area contributed by atoms with Crippen molar-refractivity contribution in [2.24, 2.45) is 0 Å². The van der Waals surface area contributed by atoms with Crippen LogP contribution in [0.15, 0.2) is 30.3 Å². The summed E-state index contributed by atoms with van der Waals surface area (Å²) in [6.45, 7) is 5.03. The molecule has 5 heteroatoms. The van der Waals surface area contributed by atoms with Crippen molar-refractivity contribution >= 4 is 23.6 Å². The van der Waals surface area contributed by atoms with E-state index < -0.39 is 0 Å². The molecule has 0 aromatic heterocycles. The average molecular weight is 290 g/mol. The van der Waals surface area contributed by atoms with Crippen molar-refractivity contribution in [3.63, 3.8) is 0 Å². The number of nitrogens with one attached hydrogen (secondary N) is 1. The van der Waals surface area contributed by atoms with Gasteiger partial charge in [0.25, 0.3) is 0 Å². The summed E-state index contributed by atoms with van der Waals surface area (Å²) >= 11 is 1.77. The van der Waals surface area contributed by atoms with E-state index in [1.54, 1.807) is 11.8 Å². The third-order valence-corrected chi connectivity index (χ3v) is 5.19. The van der Waals surface area contributed by atoms with Gasteiger partial charge >= 0.3 is 0 Å². The molecule has 2 aliphatic rings. The number of carbonyl (C=O) groups excluding carboxylic acids is 2. The second kappa shape index (κ2) is 4.81. The summed E-state index contributed by atoms with van der Waals surface area (Å²) in [6.07, 6.45) is 0.325. The van der Waals surface area contributed by atoms with E-state index in [9.17, 15) is 9.59 Å². The molecule has 0 bridgehead atoms. The number of carbonyl (C=O) groups is 2. The molecule has 2 amide bonds. The molecule has 0 aliphatic carbocycles. The minimum atomic E-state index is -0.349. The Hall–Kier alpha value is -1.49. The molecule has 0 spiro atoms. The second-order valence-electron chi connectivity index (χ2n) is 5.94. The fourth-order valence-corrected chi connectivity index (χ4v) is 4.23. The summed E-state index contributed by atoms with van der Waals surface area (Å²) in [7, 11) is 0. The molecule has 0 saturated carbocycles. The molecule has 2 unspecified atom stereocenters. The Morgan fingerprint density at radius 3 is 2.80 bits per heavy atom. The normalized spacial score (nSPS) is 26.9. The number of nitrogens with zero attached hydrogens (tertiary/aromatic N) is 1. The molecule has 2 fully saturated rings. The van der Waals surface area contributed by atoms with Gasteiger partial charge < -0.3 is 10.2 Å². The van der Waals surface area contributed by atoms with Gasteiger partial charge in [0.15, 0.2) is 0 Å². The maximum absolute atomic E-state index is 12.0. The largest absolute Gasteiger partial charge is 0.341 e. The first-order valence-corrected chi connectivity index (χ1v) is 7.66. The van der Waals surface area contributed by atoms with Crippen LogP contribution in [0.5, 0.6) is 0 Å². The number of rotatable bonds is 3. The van der Waals surface area contributed by atoms with E-state index in [1.165, 1.54) is 0 Å². The van der Waals surface area contributed by atoms with Gasteiger partial charge in [0, 0.05) is 11.3 Å². The molecule has 1 aromatic carbocycles. The Balaban J connectivity index is 1.59. The number of benzene rings is 1. The molecule has 1 N–H and O–H groups in total. The summed E-state index contributed by atoms with van der Waals surface area (Å²) in [5, 5.41) is 2.98. The molecule has 2 heterocycles. The summed E-state index contributed by atoms with van der Waals surface area (Å²) in [5.41, 5.74) is 0.966. The molecule has 20 heavy (non-hydrogen) atoms. The Morgan fingerprint density at radius 2 is 2.10 bits per heavy atom. The van der Waals surface area contributed by atoms with Gasteiger partial charge in [0.1, 0.15) is 11.4 Å². The predicted molar refractivity (Wildman–Crippen MR) is 79.2 cm³/mol. The monoisotopic (exact) mass is 290 g/mol. The second-order valence-corrected chi connectivity index (χ2v) is 7.77. The van der Waals surface area contributed by atoms with E-state index in [4.69, 9.17) is 0 Å². The smallest absolute Gasteiger partial charge is 0.249 e. The fraction of sp³-hybridized carbons (Fsp3) is 0.467. The van der Waals surface area contributed by atoms with E-state index in [1.807, 2.05) is 35.2 Å². The van der Waals surface area contributed by atoms with Gasteiger partial charge in [-0.1, -0.05) is 30.3 Å². The molecule has 0 radical (unpaired) electrons. The Morgan fingerprint density at radius 1 is 1.40 bits per heavy atom. The molecule has 2 atom stereocenters. The number of hydrogen-bond donors (Lipinski definition) is 1. The Bertz CT molecular complexity index is 544. The van der Waals surface area contributed by atoms with E-state index in [0.29, 0.717) is 6.42 Å². The molecule has 2 saturated heterocycles.